The second kappa shape index (κ2) is 4.67. The Kier molecular flexibility index (Phi) is 3.25. The van der Waals surface area contributed by atoms with Crippen molar-refractivity contribution in [2.24, 2.45) is 0 Å². The fraction of sp³-hybridized carbons (Fsp3) is 0.111. The van der Waals surface area contributed by atoms with Crippen molar-refractivity contribution in [2.45, 2.75) is 6.54 Å². The molecule has 0 spiro atoms. The van der Waals surface area contributed by atoms with E-state index in [1.165, 1.54) is 6.20 Å². The maximum absolute atomic E-state index is 11.5. The van der Waals surface area contributed by atoms with Crippen molar-refractivity contribution in [1.29, 1.82) is 0 Å². The summed E-state index contributed by atoms with van der Waals surface area (Å²) in [6, 6.07) is 1.94. The number of H-pyrrole nitrogens is 2. The Bertz CT molecular complexity index is 557. The van der Waals surface area contributed by atoms with E-state index in [1.54, 1.807) is 11.3 Å². The number of carbonyl (C=O) groups is 1. The molecule has 2 rings (SSSR count). The summed E-state index contributed by atoms with van der Waals surface area (Å²) in [6.45, 7) is 0.447. The highest BCUT2D eigenvalue weighted by Gasteiger charge is 2.07. The monoisotopic (exact) mass is 301 g/mol. The maximum Gasteiger partial charge on any atom is 0.323 e. The van der Waals surface area contributed by atoms with Crippen molar-refractivity contribution < 1.29 is 4.79 Å². The minimum atomic E-state index is -0.385. The fourth-order valence-electron chi connectivity index (χ4n) is 1.16. The van der Waals surface area contributed by atoms with E-state index in [4.69, 9.17) is 0 Å². The molecular formula is C9H8BrN3O2S. The first-order valence-electron chi connectivity index (χ1n) is 4.44. The zero-order chi connectivity index (χ0) is 11.5. The third kappa shape index (κ3) is 2.61. The molecule has 84 valence electrons. The van der Waals surface area contributed by atoms with E-state index in [2.05, 4.69) is 31.2 Å². The minimum Gasteiger partial charge on any atom is -0.346 e. The van der Waals surface area contributed by atoms with Crippen molar-refractivity contribution in [3.8, 4) is 0 Å². The molecule has 0 aliphatic rings. The molecule has 0 aromatic carbocycles. The summed E-state index contributed by atoms with van der Waals surface area (Å²) >= 11 is 4.88. The van der Waals surface area contributed by atoms with Gasteiger partial charge in [-0.1, -0.05) is 0 Å². The van der Waals surface area contributed by atoms with Crippen LogP contribution in [0.3, 0.4) is 0 Å². The summed E-state index contributed by atoms with van der Waals surface area (Å²) in [5.41, 5.74) is -0.148. The number of aromatic nitrogens is 2. The number of rotatable bonds is 3. The molecule has 0 aliphatic carbocycles. The van der Waals surface area contributed by atoms with Gasteiger partial charge in [-0.05, 0) is 22.0 Å². The minimum absolute atomic E-state index is 0.237. The van der Waals surface area contributed by atoms with E-state index in [0.717, 1.165) is 9.35 Å². The lowest BCUT2D eigenvalue weighted by atomic mass is 10.4. The van der Waals surface area contributed by atoms with Crippen LogP contribution in [0.2, 0.25) is 0 Å². The van der Waals surface area contributed by atoms with Crippen LogP contribution < -0.4 is 11.0 Å². The summed E-state index contributed by atoms with van der Waals surface area (Å²) in [6.07, 6.45) is 1.35. The molecule has 2 aromatic heterocycles. The van der Waals surface area contributed by atoms with Gasteiger partial charge >= 0.3 is 5.69 Å². The summed E-state index contributed by atoms with van der Waals surface area (Å²) in [5, 5.41) is 4.65. The number of amides is 1. The van der Waals surface area contributed by atoms with Gasteiger partial charge in [0.15, 0.2) is 0 Å². The molecule has 2 heterocycles. The number of thiophene rings is 1. The summed E-state index contributed by atoms with van der Waals surface area (Å²) in [4.78, 5) is 28.1. The average Bonchev–Trinajstić information content (AvgIpc) is 2.84. The largest absolute Gasteiger partial charge is 0.346 e. The second-order valence-corrected chi connectivity index (χ2v) is 4.98. The zero-order valence-corrected chi connectivity index (χ0v) is 10.4. The standard InChI is InChI=1S/C9H8BrN3O2S/c10-5-1-6(16-4-5)2-11-8(14)7-3-12-9(15)13-7/h1,3-4H,2H2,(H,11,14)(H2,12,13,15). The van der Waals surface area contributed by atoms with E-state index < -0.39 is 0 Å². The molecule has 2 aromatic rings. The average molecular weight is 302 g/mol. The molecule has 0 fully saturated rings. The number of nitrogens with one attached hydrogen (secondary N) is 3. The molecule has 0 bridgehead atoms. The summed E-state index contributed by atoms with van der Waals surface area (Å²) in [7, 11) is 0. The molecule has 0 saturated heterocycles. The molecule has 0 radical (unpaired) electrons. The Balaban J connectivity index is 1.96. The molecular weight excluding hydrogens is 294 g/mol. The maximum atomic E-state index is 11.5. The molecule has 1 amide bonds. The predicted molar refractivity (Wildman–Crippen MR) is 64.6 cm³/mol. The molecule has 0 aliphatic heterocycles. The second-order valence-electron chi connectivity index (χ2n) is 3.07. The number of hydrogen-bond acceptors (Lipinski definition) is 3. The smallest absolute Gasteiger partial charge is 0.323 e. The lowest BCUT2D eigenvalue weighted by Crippen LogP contribution is -2.23. The molecule has 0 atom stereocenters. The van der Waals surface area contributed by atoms with Gasteiger partial charge in [-0.3, -0.25) is 4.79 Å². The van der Waals surface area contributed by atoms with E-state index >= 15 is 0 Å². The van der Waals surface area contributed by atoms with Gasteiger partial charge < -0.3 is 15.3 Å². The van der Waals surface area contributed by atoms with Crippen molar-refractivity contribution in [3.63, 3.8) is 0 Å². The Morgan fingerprint density at radius 2 is 2.38 bits per heavy atom. The Hall–Kier alpha value is -1.34. The highest BCUT2D eigenvalue weighted by Crippen LogP contribution is 2.19. The highest BCUT2D eigenvalue weighted by molar-refractivity contribution is 9.10. The normalized spacial score (nSPS) is 10.3. The number of halogens is 1. The predicted octanol–water partition coefficient (Wildman–Crippen LogP) is 1.46. The van der Waals surface area contributed by atoms with Gasteiger partial charge in [0, 0.05) is 20.9 Å². The van der Waals surface area contributed by atoms with Gasteiger partial charge in [0.1, 0.15) is 5.69 Å². The van der Waals surface area contributed by atoms with Gasteiger partial charge in [0.05, 0.1) is 6.54 Å². The topological polar surface area (TPSA) is 77.8 Å². The van der Waals surface area contributed by atoms with Gasteiger partial charge in [0.2, 0.25) is 0 Å². The molecule has 0 unspecified atom stereocenters. The van der Waals surface area contributed by atoms with Crippen LogP contribution in [0.4, 0.5) is 0 Å². The zero-order valence-electron chi connectivity index (χ0n) is 8.04. The number of aromatic amines is 2. The SMILES string of the molecule is O=C(NCc1cc(Br)cs1)c1c[nH]c(=O)[nH]1. The van der Waals surface area contributed by atoms with Gasteiger partial charge in [0.25, 0.3) is 5.91 Å². The fourth-order valence-corrected chi connectivity index (χ4v) is 2.55. The van der Waals surface area contributed by atoms with Gasteiger partial charge in [-0.2, -0.15) is 0 Å². The van der Waals surface area contributed by atoms with Crippen LogP contribution >= 0.6 is 27.3 Å². The van der Waals surface area contributed by atoms with E-state index in [9.17, 15) is 9.59 Å². The van der Waals surface area contributed by atoms with Crippen molar-refractivity contribution in [1.82, 2.24) is 15.3 Å². The summed E-state index contributed by atoms with van der Waals surface area (Å²) in [5.74, 6) is -0.303. The Morgan fingerprint density at radius 3 is 2.94 bits per heavy atom. The lowest BCUT2D eigenvalue weighted by molar-refractivity contribution is 0.0946. The quantitative estimate of drug-likeness (QED) is 0.802. The first-order valence-corrected chi connectivity index (χ1v) is 6.11. The van der Waals surface area contributed by atoms with Crippen LogP contribution in [-0.2, 0) is 6.54 Å². The van der Waals surface area contributed by atoms with E-state index in [-0.39, 0.29) is 17.3 Å². The van der Waals surface area contributed by atoms with E-state index in [0.29, 0.717) is 6.54 Å². The lowest BCUT2D eigenvalue weighted by Gasteiger charge is -2.00. The van der Waals surface area contributed by atoms with Crippen LogP contribution in [-0.4, -0.2) is 15.9 Å². The molecule has 0 saturated carbocycles. The number of carbonyl (C=O) groups excluding carboxylic acids is 1. The van der Waals surface area contributed by atoms with Crippen LogP contribution in [0.25, 0.3) is 0 Å². The Labute approximate surface area is 103 Å². The Morgan fingerprint density at radius 1 is 1.56 bits per heavy atom. The molecule has 7 heteroatoms. The summed E-state index contributed by atoms with van der Waals surface area (Å²) < 4.78 is 0.997. The third-order valence-electron chi connectivity index (χ3n) is 1.89. The first-order chi connectivity index (χ1) is 7.65. The van der Waals surface area contributed by atoms with Crippen molar-refractivity contribution in [2.75, 3.05) is 0 Å². The molecule has 16 heavy (non-hydrogen) atoms. The van der Waals surface area contributed by atoms with Gasteiger partial charge in [-0.15, -0.1) is 11.3 Å². The van der Waals surface area contributed by atoms with Gasteiger partial charge in [-0.25, -0.2) is 4.79 Å². The highest BCUT2D eigenvalue weighted by atomic mass is 79.9. The van der Waals surface area contributed by atoms with Crippen molar-refractivity contribution >= 4 is 33.2 Å². The third-order valence-corrected chi connectivity index (χ3v) is 3.58. The number of hydrogen-bond donors (Lipinski definition) is 3. The number of imidazole rings is 1. The molecule has 3 N–H and O–H groups in total. The first kappa shape index (κ1) is 11.2. The van der Waals surface area contributed by atoms with Crippen LogP contribution in [0, 0.1) is 0 Å². The van der Waals surface area contributed by atoms with Crippen molar-refractivity contribution in [3.05, 3.63) is 43.2 Å². The molecule has 5 nitrogen and oxygen atoms in total. The van der Waals surface area contributed by atoms with Crippen LogP contribution in [0.1, 0.15) is 15.4 Å². The van der Waals surface area contributed by atoms with E-state index in [1.807, 2.05) is 11.4 Å². The van der Waals surface area contributed by atoms with Crippen LogP contribution in [0.15, 0.2) is 26.9 Å². The van der Waals surface area contributed by atoms with Crippen LogP contribution in [0.5, 0.6) is 0 Å².